The van der Waals surface area contributed by atoms with E-state index in [1.165, 1.54) is 5.56 Å². The van der Waals surface area contributed by atoms with Crippen LogP contribution in [0.1, 0.15) is 5.56 Å². The van der Waals surface area contributed by atoms with Crippen LogP contribution in [0.25, 0.3) is 0 Å². The fourth-order valence-corrected chi connectivity index (χ4v) is 1.32. The second-order valence-electron chi connectivity index (χ2n) is 3.29. The molecule has 0 saturated carbocycles. The van der Waals surface area contributed by atoms with E-state index in [0.717, 1.165) is 26.2 Å². The number of ether oxygens (including phenoxy) is 1. The number of aromatic nitrogens is 1. The Morgan fingerprint density at radius 1 is 1.38 bits per heavy atom. The molecule has 1 aromatic rings. The van der Waals surface area contributed by atoms with E-state index in [1.807, 2.05) is 12.4 Å². The number of hydrogen-bond donors (Lipinski definition) is 1. The van der Waals surface area contributed by atoms with Gasteiger partial charge in [-0.25, -0.2) is 0 Å². The highest BCUT2D eigenvalue weighted by molar-refractivity contribution is 5.09. The SMILES string of the molecule is c1cc(CCNC2COC2)ccn1. The van der Waals surface area contributed by atoms with Crippen molar-refractivity contribution in [2.75, 3.05) is 19.8 Å². The number of nitrogens with zero attached hydrogens (tertiary/aromatic N) is 1. The number of rotatable bonds is 4. The molecule has 0 amide bonds. The Bertz CT molecular complexity index is 246. The molecule has 1 fully saturated rings. The molecule has 1 aliphatic heterocycles. The molecule has 1 saturated heterocycles. The minimum absolute atomic E-state index is 0.585. The van der Waals surface area contributed by atoms with Crippen molar-refractivity contribution >= 4 is 0 Å². The van der Waals surface area contributed by atoms with E-state index in [4.69, 9.17) is 4.74 Å². The highest BCUT2D eigenvalue weighted by atomic mass is 16.5. The zero-order valence-corrected chi connectivity index (χ0v) is 7.57. The van der Waals surface area contributed by atoms with E-state index in [2.05, 4.69) is 22.4 Å². The molecule has 70 valence electrons. The summed E-state index contributed by atoms with van der Waals surface area (Å²) in [7, 11) is 0. The number of nitrogens with one attached hydrogen (secondary N) is 1. The van der Waals surface area contributed by atoms with Crippen molar-refractivity contribution in [2.45, 2.75) is 12.5 Å². The molecule has 3 heteroatoms. The molecule has 2 heterocycles. The van der Waals surface area contributed by atoms with Crippen LogP contribution >= 0.6 is 0 Å². The van der Waals surface area contributed by atoms with Crippen LogP contribution in [0.2, 0.25) is 0 Å². The van der Waals surface area contributed by atoms with Gasteiger partial charge in [0.25, 0.3) is 0 Å². The molecule has 1 N–H and O–H groups in total. The van der Waals surface area contributed by atoms with E-state index < -0.39 is 0 Å². The number of hydrogen-bond acceptors (Lipinski definition) is 3. The number of pyridine rings is 1. The van der Waals surface area contributed by atoms with E-state index >= 15 is 0 Å². The largest absolute Gasteiger partial charge is 0.378 e. The summed E-state index contributed by atoms with van der Waals surface area (Å²) in [6, 6.07) is 4.69. The highest BCUT2D eigenvalue weighted by Gasteiger charge is 2.16. The second-order valence-corrected chi connectivity index (χ2v) is 3.29. The molecule has 0 spiro atoms. The average Bonchev–Trinajstić information content (AvgIpc) is 2.11. The summed E-state index contributed by atoms with van der Waals surface area (Å²) in [6.07, 6.45) is 4.74. The predicted octanol–water partition coefficient (Wildman–Crippen LogP) is 0.612. The topological polar surface area (TPSA) is 34.1 Å². The maximum atomic E-state index is 5.07. The molecule has 0 unspecified atom stereocenters. The zero-order chi connectivity index (χ0) is 8.93. The van der Waals surface area contributed by atoms with E-state index in [0.29, 0.717) is 6.04 Å². The first kappa shape index (κ1) is 8.66. The maximum absolute atomic E-state index is 5.07. The van der Waals surface area contributed by atoms with Crippen LogP contribution in [0, 0.1) is 0 Å². The van der Waals surface area contributed by atoms with Gasteiger partial charge in [0.05, 0.1) is 19.3 Å². The summed E-state index contributed by atoms with van der Waals surface area (Å²) in [5.41, 5.74) is 1.34. The molecule has 1 aromatic heterocycles. The van der Waals surface area contributed by atoms with Crippen LogP contribution in [0.4, 0.5) is 0 Å². The first-order valence-electron chi connectivity index (χ1n) is 4.65. The van der Waals surface area contributed by atoms with Gasteiger partial charge in [-0.3, -0.25) is 4.98 Å². The van der Waals surface area contributed by atoms with Crippen molar-refractivity contribution in [2.24, 2.45) is 0 Å². The molecule has 0 bridgehead atoms. The Labute approximate surface area is 78.1 Å². The Morgan fingerprint density at radius 2 is 2.15 bits per heavy atom. The molecule has 0 atom stereocenters. The van der Waals surface area contributed by atoms with Crippen LogP contribution in [-0.2, 0) is 11.2 Å². The van der Waals surface area contributed by atoms with Crippen LogP contribution in [0.5, 0.6) is 0 Å². The van der Waals surface area contributed by atoms with Gasteiger partial charge in [0.1, 0.15) is 0 Å². The van der Waals surface area contributed by atoms with Crippen LogP contribution in [-0.4, -0.2) is 30.8 Å². The molecule has 0 aliphatic carbocycles. The third-order valence-electron chi connectivity index (χ3n) is 2.23. The third kappa shape index (κ3) is 2.50. The Morgan fingerprint density at radius 3 is 2.77 bits per heavy atom. The molecular formula is C10H14N2O. The summed E-state index contributed by atoms with van der Waals surface area (Å²) >= 11 is 0. The fraction of sp³-hybridized carbons (Fsp3) is 0.500. The van der Waals surface area contributed by atoms with E-state index in [-0.39, 0.29) is 0 Å². The summed E-state index contributed by atoms with van der Waals surface area (Å²) in [5, 5.41) is 3.42. The van der Waals surface area contributed by atoms with Gasteiger partial charge >= 0.3 is 0 Å². The Balaban J connectivity index is 1.67. The maximum Gasteiger partial charge on any atom is 0.0643 e. The van der Waals surface area contributed by atoms with Gasteiger partial charge in [-0.05, 0) is 30.7 Å². The lowest BCUT2D eigenvalue weighted by atomic mass is 10.2. The van der Waals surface area contributed by atoms with Gasteiger partial charge in [-0.1, -0.05) is 0 Å². The van der Waals surface area contributed by atoms with Crippen molar-refractivity contribution in [3.63, 3.8) is 0 Å². The first-order valence-corrected chi connectivity index (χ1v) is 4.65. The van der Waals surface area contributed by atoms with Crippen LogP contribution < -0.4 is 5.32 Å². The van der Waals surface area contributed by atoms with Crippen molar-refractivity contribution in [1.82, 2.24) is 10.3 Å². The van der Waals surface area contributed by atoms with Gasteiger partial charge in [0, 0.05) is 12.4 Å². The standard InChI is InChI=1S/C10H14N2O/c1-4-11-5-2-9(1)3-6-12-10-7-13-8-10/h1-2,4-5,10,12H,3,6-8H2. The smallest absolute Gasteiger partial charge is 0.0643 e. The predicted molar refractivity (Wildman–Crippen MR) is 50.6 cm³/mol. The van der Waals surface area contributed by atoms with Gasteiger partial charge < -0.3 is 10.1 Å². The molecule has 3 nitrogen and oxygen atoms in total. The Hall–Kier alpha value is -0.930. The van der Waals surface area contributed by atoms with Crippen molar-refractivity contribution in [3.8, 4) is 0 Å². The zero-order valence-electron chi connectivity index (χ0n) is 7.57. The molecule has 1 aliphatic rings. The van der Waals surface area contributed by atoms with Crippen molar-refractivity contribution in [1.29, 1.82) is 0 Å². The molecule has 0 aromatic carbocycles. The molecule has 0 radical (unpaired) electrons. The van der Waals surface area contributed by atoms with Gasteiger partial charge in [0.2, 0.25) is 0 Å². The fourth-order valence-electron chi connectivity index (χ4n) is 1.32. The summed E-state index contributed by atoms with van der Waals surface area (Å²) in [5.74, 6) is 0. The normalized spacial score (nSPS) is 16.9. The minimum Gasteiger partial charge on any atom is -0.378 e. The van der Waals surface area contributed by atoms with E-state index in [9.17, 15) is 0 Å². The highest BCUT2D eigenvalue weighted by Crippen LogP contribution is 2.00. The lowest BCUT2D eigenvalue weighted by molar-refractivity contribution is -0.00467. The third-order valence-corrected chi connectivity index (χ3v) is 2.23. The van der Waals surface area contributed by atoms with Crippen molar-refractivity contribution in [3.05, 3.63) is 30.1 Å². The van der Waals surface area contributed by atoms with Gasteiger partial charge in [-0.2, -0.15) is 0 Å². The lowest BCUT2D eigenvalue weighted by Crippen LogP contribution is -2.46. The average molecular weight is 178 g/mol. The summed E-state index contributed by atoms with van der Waals surface area (Å²) in [6.45, 7) is 2.77. The van der Waals surface area contributed by atoms with Gasteiger partial charge in [0.15, 0.2) is 0 Å². The van der Waals surface area contributed by atoms with E-state index in [1.54, 1.807) is 0 Å². The molecule has 13 heavy (non-hydrogen) atoms. The molecule has 2 rings (SSSR count). The van der Waals surface area contributed by atoms with Crippen LogP contribution in [0.15, 0.2) is 24.5 Å². The van der Waals surface area contributed by atoms with Crippen LogP contribution in [0.3, 0.4) is 0 Å². The quantitative estimate of drug-likeness (QED) is 0.733. The monoisotopic (exact) mass is 178 g/mol. The minimum atomic E-state index is 0.585. The van der Waals surface area contributed by atoms with Gasteiger partial charge in [-0.15, -0.1) is 0 Å². The molecular weight excluding hydrogens is 164 g/mol. The second kappa shape index (κ2) is 4.35. The summed E-state index contributed by atoms with van der Waals surface area (Å²) in [4.78, 5) is 3.98. The van der Waals surface area contributed by atoms with Crippen molar-refractivity contribution < 1.29 is 4.74 Å². The first-order chi connectivity index (χ1) is 6.45. The summed E-state index contributed by atoms with van der Waals surface area (Å²) < 4.78 is 5.07. The lowest BCUT2D eigenvalue weighted by Gasteiger charge is -2.26. The Kier molecular flexibility index (Phi) is 2.90.